The second kappa shape index (κ2) is 7.00. The van der Waals surface area contributed by atoms with Crippen molar-refractivity contribution >= 4 is 5.91 Å². The van der Waals surface area contributed by atoms with E-state index in [1.54, 1.807) is 6.07 Å². The van der Waals surface area contributed by atoms with E-state index in [1.807, 2.05) is 30.8 Å². The number of furan rings is 1. The number of nitrogens with zero attached hydrogens (tertiary/aromatic N) is 3. The van der Waals surface area contributed by atoms with Crippen LogP contribution in [0.1, 0.15) is 47.3 Å². The number of likely N-dealkylation sites (tertiary alicyclic amines) is 1. The molecule has 1 saturated heterocycles. The molecule has 0 aliphatic carbocycles. The molecule has 3 rings (SSSR count). The van der Waals surface area contributed by atoms with E-state index in [4.69, 9.17) is 4.42 Å². The van der Waals surface area contributed by atoms with Gasteiger partial charge in [-0.3, -0.25) is 14.4 Å². The molecule has 1 aliphatic rings. The van der Waals surface area contributed by atoms with Gasteiger partial charge in [-0.15, -0.1) is 0 Å². The standard InChI is InChI=1S/C17H24N4O2/c1-3-21-11-14(13(2)19-21)10-18-17(22)16-7-6-15(23-16)12-20-8-4-5-9-20/h6-7,11H,3-5,8-10,12H2,1-2H3,(H,18,22). The quantitative estimate of drug-likeness (QED) is 0.888. The Balaban J connectivity index is 1.55. The summed E-state index contributed by atoms with van der Waals surface area (Å²) < 4.78 is 7.55. The molecule has 0 unspecified atom stereocenters. The van der Waals surface area contributed by atoms with Gasteiger partial charge in [0.1, 0.15) is 5.76 Å². The van der Waals surface area contributed by atoms with E-state index < -0.39 is 0 Å². The molecule has 2 aromatic heterocycles. The van der Waals surface area contributed by atoms with Gasteiger partial charge in [-0.1, -0.05) is 0 Å². The van der Waals surface area contributed by atoms with Gasteiger partial charge in [-0.25, -0.2) is 0 Å². The summed E-state index contributed by atoms with van der Waals surface area (Å²) in [4.78, 5) is 14.6. The minimum absolute atomic E-state index is 0.179. The normalized spacial score (nSPS) is 15.2. The zero-order valence-electron chi connectivity index (χ0n) is 13.8. The number of aryl methyl sites for hydroxylation is 2. The number of carbonyl (C=O) groups is 1. The highest BCUT2D eigenvalue weighted by atomic mass is 16.4. The Morgan fingerprint density at radius 2 is 2.13 bits per heavy atom. The molecule has 1 amide bonds. The van der Waals surface area contributed by atoms with Crippen LogP contribution in [0.25, 0.3) is 0 Å². The van der Waals surface area contributed by atoms with Gasteiger partial charge in [0, 0.05) is 24.8 Å². The van der Waals surface area contributed by atoms with E-state index in [2.05, 4.69) is 15.3 Å². The summed E-state index contributed by atoms with van der Waals surface area (Å²) in [6, 6.07) is 3.65. The highest BCUT2D eigenvalue weighted by molar-refractivity contribution is 5.91. The third-order valence-electron chi connectivity index (χ3n) is 4.27. The van der Waals surface area contributed by atoms with Gasteiger partial charge >= 0.3 is 0 Å². The number of aromatic nitrogens is 2. The van der Waals surface area contributed by atoms with Crippen LogP contribution in [0.15, 0.2) is 22.7 Å². The van der Waals surface area contributed by atoms with Gasteiger partial charge in [0.15, 0.2) is 5.76 Å². The molecule has 1 fully saturated rings. The fourth-order valence-electron chi connectivity index (χ4n) is 2.90. The van der Waals surface area contributed by atoms with E-state index in [9.17, 15) is 4.79 Å². The lowest BCUT2D eigenvalue weighted by Crippen LogP contribution is -2.22. The van der Waals surface area contributed by atoms with Crippen LogP contribution < -0.4 is 5.32 Å². The second-order valence-electron chi connectivity index (χ2n) is 6.03. The van der Waals surface area contributed by atoms with Crippen molar-refractivity contribution in [2.75, 3.05) is 13.1 Å². The van der Waals surface area contributed by atoms with Gasteiger partial charge in [0.2, 0.25) is 0 Å². The average Bonchev–Trinajstić information content (AvgIpc) is 3.27. The minimum atomic E-state index is -0.179. The third kappa shape index (κ3) is 3.82. The smallest absolute Gasteiger partial charge is 0.287 e. The SMILES string of the molecule is CCn1cc(CNC(=O)c2ccc(CN3CCCC3)o2)c(C)n1. The van der Waals surface area contributed by atoms with Crippen molar-refractivity contribution in [1.29, 1.82) is 0 Å². The maximum Gasteiger partial charge on any atom is 0.287 e. The van der Waals surface area contributed by atoms with Crippen LogP contribution in [0.3, 0.4) is 0 Å². The maximum atomic E-state index is 12.2. The number of hydrogen-bond donors (Lipinski definition) is 1. The first kappa shape index (κ1) is 15.8. The van der Waals surface area contributed by atoms with Crippen molar-refractivity contribution in [1.82, 2.24) is 20.0 Å². The molecule has 1 N–H and O–H groups in total. The minimum Gasteiger partial charge on any atom is -0.455 e. The Kier molecular flexibility index (Phi) is 4.81. The Labute approximate surface area is 136 Å². The van der Waals surface area contributed by atoms with Crippen LogP contribution in [0.5, 0.6) is 0 Å². The van der Waals surface area contributed by atoms with Crippen LogP contribution >= 0.6 is 0 Å². The molecule has 124 valence electrons. The van der Waals surface area contributed by atoms with E-state index in [0.29, 0.717) is 12.3 Å². The molecule has 2 aromatic rings. The van der Waals surface area contributed by atoms with E-state index in [-0.39, 0.29) is 5.91 Å². The number of nitrogens with one attached hydrogen (secondary N) is 1. The van der Waals surface area contributed by atoms with Gasteiger partial charge < -0.3 is 9.73 Å². The Bertz CT molecular complexity index is 668. The summed E-state index contributed by atoms with van der Waals surface area (Å²) in [6.45, 7) is 8.30. The lowest BCUT2D eigenvalue weighted by atomic mass is 10.2. The largest absolute Gasteiger partial charge is 0.455 e. The van der Waals surface area contributed by atoms with Crippen LogP contribution in [0.2, 0.25) is 0 Å². The van der Waals surface area contributed by atoms with Gasteiger partial charge in [-0.05, 0) is 51.9 Å². The average molecular weight is 316 g/mol. The highest BCUT2D eigenvalue weighted by Crippen LogP contribution is 2.15. The molecule has 1 aliphatic heterocycles. The van der Waals surface area contributed by atoms with Gasteiger partial charge in [0.05, 0.1) is 12.2 Å². The van der Waals surface area contributed by atoms with Crippen LogP contribution in [0.4, 0.5) is 0 Å². The summed E-state index contributed by atoms with van der Waals surface area (Å²) in [5, 5.41) is 7.28. The van der Waals surface area contributed by atoms with Crippen LogP contribution in [-0.4, -0.2) is 33.7 Å². The molecule has 3 heterocycles. The molecule has 6 nitrogen and oxygen atoms in total. The predicted octanol–water partition coefficient (Wildman–Crippen LogP) is 2.33. The summed E-state index contributed by atoms with van der Waals surface area (Å²) in [5.74, 6) is 1.05. The summed E-state index contributed by atoms with van der Waals surface area (Å²) in [5.41, 5.74) is 1.98. The number of rotatable bonds is 6. The van der Waals surface area contributed by atoms with Gasteiger partial charge in [0.25, 0.3) is 5.91 Å². The monoisotopic (exact) mass is 316 g/mol. The van der Waals surface area contributed by atoms with Crippen LogP contribution in [-0.2, 0) is 19.6 Å². The van der Waals surface area contributed by atoms with E-state index >= 15 is 0 Å². The first-order chi connectivity index (χ1) is 11.2. The fourth-order valence-corrected chi connectivity index (χ4v) is 2.90. The topological polar surface area (TPSA) is 63.3 Å². The summed E-state index contributed by atoms with van der Waals surface area (Å²) >= 11 is 0. The molecular weight excluding hydrogens is 292 g/mol. The zero-order valence-corrected chi connectivity index (χ0v) is 13.8. The molecule has 0 radical (unpaired) electrons. The molecule has 0 spiro atoms. The van der Waals surface area contributed by atoms with Crippen molar-refractivity contribution in [2.24, 2.45) is 0 Å². The van der Waals surface area contributed by atoms with Crippen LogP contribution in [0, 0.1) is 6.92 Å². The number of carbonyl (C=O) groups excluding carboxylic acids is 1. The lowest BCUT2D eigenvalue weighted by Gasteiger charge is -2.11. The first-order valence-corrected chi connectivity index (χ1v) is 8.28. The highest BCUT2D eigenvalue weighted by Gasteiger charge is 2.16. The lowest BCUT2D eigenvalue weighted by molar-refractivity contribution is 0.0919. The van der Waals surface area contributed by atoms with Gasteiger partial charge in [-0.2, -0.15) is 5.10 Å². The van der Waals surface area contributed by atoms with Crippen molar-refractivity contribution < 1.29 is 9.21 Å². The summed E-state index contributed by atoms with van der Waals surface area (Å²) in [7, 11) is 0. The van der Waals surface area contributed by atoms with Crippen molar-refractivity contribution in [3.63, 3.8) is 0 Å². The predicted molar refractivity (Wildman–Crippen MR) is 87.0 cm³/mol. The molecule has 0 aromatic carbocycles. The molecule has 0 atom stereocenters. The number of amides is 1. The second-order valence-corrected chi connectivity index (χ2v) is 6.03. The zero-order chi connectivity index (χ0) is 16.2. The number of hydrogen-bond acceptors (Lipinski definition) is 4. The van der Waals surface area contributed by atoms with Crippen molar-refractivity contribution in [3.05, 3.63) is 41.1 Å². The maximum absolute atomic E-state index is 12.2. The Morgan fingerprint density at radius 1 is 1.35 bits per heavy atom. The van der Waals surface area contributed by atoms with Crippen molar-refractivity contribution in [3.8, 4) is 0 Å². The van der Waals surface area contributed by atoms with E-state index in [1.165, 1.54) is 12.8 Å². The Hall–Kier alpha value is -2.08. The molecular formula is C17H24N4O2. The fraction of sp³-hybridized carbons (Fsp3) is 0.529. The molecule has 0 bridgehead atoms. The first-order valence-electron chi connectivity index (χ1n) is 8.28. The third-order valence-corrected chi connectivity index (χ3v) is 4.27. The summed E-state index contributed by atoms with van der Waals surface area (Å²) in [6.07, 6.45) is 4.47. The molecule has 23 heavy (non-hydrogen) atoms. The molecule has 6 heteroatoms. The van der Waals surface area contributed by atoms with Crippen molar-refractivity contribution in [2.45, 2.75) is 46.3 Å². The Morgan fingerprint density at radius 3 is 2.83 bits per heavy atom. The van der Waals surface area contributed by atoms with E-state index in [0.717, 1.165) is 43.2 Å². The molecule has 0 saturated carbocycles.